The summed E-state index contributed by atoms with van der Waals surface area (Å²) >= 11 is 3.36. The first-order chi connectivity index (χ1) is 8.77. The molecule has 1 aromatic rings. The van der Waals surface area contributed by atoms with Gasteiger partial charge in [0.2, 0.25) is 0 Å². The van der Waals surface area contributed by atoms with Gasteiger partial charge in [0.1, 0.15) is 12.4 Å². The van der Waals surface area contributed by atoms with Crippen molar-refractivity contribution < 1.29 is 19.4 Å². The van der Waals surface area contributed by atoms with Gasteiger partial charge in [-0.05, 0) is 32.9 Å². The zero-order valence-electron chi connectivity index (χ0n) is 11.6. The Labute approximate surface area is 121 Å². The van der Waals surface area contributed by atoms with Crippen molar-refractivity contribution in [1.82, 2.24) is 0 Å². The number of methoxy groups -OCH3 is 1. The van der Waals surface area contributed by atoms with Crippen LogP contribution in [0.5, 0.6) is 5.75 Å². The predicted octanol–water partition coefficient (Wildman–Crippen LogP) is 3.08. The summed E-state index contributed by atoms with van der Waals surface area (Å²) in [6, 6.07) is 5.39. The van der Waals surface area contributed by atoms with Crippen LogP contribution in [0.15, 0.2) is 22.7 Å². The summed E-state index contributed by atoms with van der Waals surface area (Å²) in [7, 11) is 1.35. The monoisotopic (exact) mass is 330 g/mol. The van der Waals surface area contributed by atoms with Crippen LogP contribution in [0, 0.1) is 5.41 Å². The Balaban J connectivity index is 2.88. The second kappa shape index (κ2) is 6.39. The number of aliphatic hydroxyl groups excluding tert-OH is 1. The van der Waals surface area contributed by atoms with Crippen molar-refractivity contribution in [2.24, 2.45) is 5.41 Å². The Hall–Kier alpha value is -1.07. The van der Waals surface area contributed by atoms with Gasteiger partial charge in [-0.3, -0.25) is 4.79 Å². The third-order valence-corrected chi connectivity index (χ3v) is 3.25. The van der Waals surface area contributed by atoms with Gasteiger partial charge in [0.25, 0.3) is 0 Å². The summed E-state index contributed by atoms with van der Waals surface area (Å²) in [6.45, 7) is 5.34. The standard InChI is InChI=1S/C14H19BrO4/c1-9(16)11-6-5-10(15)7-12(11)19-8-14(2,3)13(17)18-4/h5-7,9,16H,8H2,1-4H3/t9-/m1/s1. The molecular formula is C14H19BrO4. The van der Waals surface area contributed by atoms with Crippen LogP contribution in [0.2, 0.25) is 0 Å². The molecule has 1 atom stereocenters. The van der Waals surface area contributed by atoms with Crippen LogP contribution in [-0.4, -0.2) is 24.8 Å². The maximum Gasteiger partial charge on any atom is 0.314 e. The molecule has 1 aromatic carbocycles. The second-order valence-electron chi connectivity index (χ2n) is 5.02. The normalized spacial score (nSPS) is 12.9. The number of hydrogen-bond donors (Lipinski definition) is 1. The largest absolute Gasteiger partial charge is 0.492 e. The van der Waals surface area contributed by atoms with Crippen molar-refractivity contribution in [2.75, 3.05) is 13.7 Å². The fraction of sp³-hybridized carbons (Fsp3) is 0.500. The van der Waals surface area contributed by atoms with Gasteiger partial charge in [-0.1, -0.05) is 22.0 Å². The van der Waals surface area contributed by atoms with Crippen molar-refractivity contribution in [3.8, 4) is 5.75 Å². The lowest BCUT2D eigenvalue weighted by Crippen LogP contribution is -2.32. The first kappa shape index (κ1) is 16.0. The van der Waals surface area contributed by atoms with Crippen molar-refractivity contribution in [1.29, 1.82) is 0 Å². The maximum atomic E-state index is 11.6. The van der Waals surface area contributed by atoms with Gasteiger partial charge in [0, 0.05) is 10.0 Å². The Bertz CT molecular complexity index is 455. The van der Waals surface area contributed by atoms with Gasteiger partial charge in [-0.15, -0.1) is 0 Å². The van der Waals surface area contributed by atoms with E-state index in [2.05, 4.69) is 15.9 Å². The van der Waals surface area contributed by atoms with E-state index in [9.17, 15) is 9.90 Å². The third kappa shape index (κ3) is 4.21. The molecule has 1 N–H and O–H groups in total. The van der Waals surface area contributed by atoms with E-state index in [0.29, 0.717) is 11.3 Å². The third-order valence-electron chi connectivity index (χ3n) is 2.75. The molecule has 106 valence electrons. The molecule has 0 aliphatic heterocycles. The summed E-state index contributed by atoms with van der Waals surface area (Å²) in [6.07, 6.45) is -0.635. The summed E-state index contributed by atoms with van der Waals surface area (Å²) in [5, 5.41) is 9.69. The van der Waals surface area contributed by atoms with Crippen LogP contribution in [0.25, 0.3) is 0 Å². The van der Waals surface area contributed by atoms with E-state index in [-0.39, 0.29) is 12.6 Å². The molecule has 19 heavy (non-hydrogen) atoms. The van der Waals surface area contributed by atoms with Crippen LogP contribution < -0.4 is 4.74 Å². The topological polar surface area (TPSA) is 55.8 Å². The van der Waals surface area contributed by atoms with Crippen molar-refractivity contribution in [3.05, 3.63) is 28.2 Å². The van der Waals surface area contributed by atoms with Crippen molar-refractivity contribution >= 4 is 21.9 Å². The highest BCUT2D eigenvalue weighted by Gasteiger charge is 2.30. The van der Waals surface area contributed by atoms with E-state index in [1.54, 1.807) is 32.9 Å². The molecule has 0 saturated heterocycles. The second-order valence-corrected chi connectivity index (χ2v) is 5.94. The average molecular weight is 331 g/mol. The van der Waals surface area contributed by atoms with Crippen molar-refractivity contribution in [3.63, 3.8) is 0 Å². The van der Waals surface area contributed by atoms with E-state index in [0.717, 1.165) is 4.47 Å². The molecule has 0 saturated carbocycles. The molecule has 0 aliphatic rings. The quantitative estimate of drug-likeness (QED) is 0.843. The first-order valence-electron chi connectivity index (χ1n) is 5.96. The van der Waals surface area contributed by atoms with Gasteiger partial charge >= 0.3 is 5.97 Å². The molecule has 0 bridgehead atoms. The van der Waals surface area contributed by atoms with Gasteiger partial charge in [-0.2, -0.15) is 0 Å². The highest BCUT2D eigenvalue weighted by atomic mass is 79.9. The van der Waals surface area contributed by atoms with E-state index >= 15 is 0 Å². The number of benzene rings is 1. The number of halogens is 1. The molecule has 0 aliphatic carbocycles. The lowest BCUT2D eigenvalue weighted by atomic mass is 9.95. The Morgan fingerprint density at radius 1 is 1.47 bits per heavy atom. The minimum atomic E-state index is -0.743. The summed E-state index contributed by atoms with van der Waals surface area (Å²) in [5.74, 6) is 0.224. The van der Waals surface area contributed by atoms with Crippen LogP contribution >= 0.6 is 15.9 Å². The molecule has 0 spiro atoms. The van der Waals surface area contributed by atoms with E-state index < -0.39 is 11.5 Å². The number of esters is 1. The van der Waals surface area contributed by atoms with Crippen LogP contribution in [-0.2, 0) is 9.53 Å². The molecule has 1 rings (SSSR count). The summed E-state index contributed by atoms with van der Waals surface area (Å²) < 4.78 is 11.3. The van der Waals surface area contributed by atoms with Gasteiger partial charge < -0.3 is 14.6 Å². The zero-order valence-corrected chi connectivity index (χ0v) is 13.2. The molecule has 0 unspecified atom stereocenters. The van der Waals surface area contributed by atoms with Crippen molar-refractivity contribution in [2.45, 2.75) is 26.9 Å². The lowest BCUT2D eigenvalue weighted by Gasteiger charge is -2.23. The molecule has 0 heterocycles. The molecule has 4 nitrogen and oxygen atoms in total. The smallest absolute Gasteiger partial charge is 0.314 e. The lowest BCUT2D eigenvalue weighted by molar-refractivity contribution is -0.152. The summed E-state index contributed by atoms with van der Waals surface area (Å²) in [5.41, 5.74) is -0.0589. The Morgan fingerprint density at radius 2 is 2.11 bits per heavy atom. The zero-order chi connectivity index (χ0) is 14.6. The van der Waals surface area contributed by atoms with Gasteiger partial charge in [0.15, 0.2) is 0 Å². The number of hydrogen-bond acceptors (Lipinski definition) is 4. The van der Waals surface area contributed by atoms with Crippen LogP contribution in [0.4, 0.5) is 0 Å². The highest BCUT2D eigenvalue weighted by Crippen LogP contribution is 2.30. The summed E-state index contributed by atoms with van der Waals surface area (Å²) in [4.78, 5) is 11.6. The minimum Gasteiger partial charge on any atom is -0.492 e. The fourth-order valence-electron chi connectivity index (χ4n) is 1.57. The van der Waals surface area contributed by atoms with Crippen LogP contribution in [0.1, 0.15) is 32.4 Å². The Kier molecular flexibility index (Phi) is 5.38. The number of ether oxygens (including phenoxy) is 2. The van der Waals surface area contributed by atoms with Gasteiger partial charge in [-0.25, -0.2) is 0 Å². The minimum absolute atomic E-state index is 0.176. The number of carbonyl (C=O) groups excluding carboxylic acids is 1. The molecular weight excluding hydrogens is 312 g/mol. The molecule has 0 radical (unpaired) electrons. The average Bonchev–Trinajstić information content (AvgIpc) is 2.35. The highest BCUT2D eigenvalue weighted by molar-refractivity contribution is 9.10. The molecule has 0 fully saturated rings. The van der Waals surface area contributed by atoms with E-state index in [1.165, 1.54) is 7.11 Å². The molecule has 0 aromatic heterocycles. The number of carbonyl (C=O) groups is 1. The predicted molar refractivity (Wildman–Crippen MR) is 76.1 cm³/mol. The number of rotatable bonds is 5. The number of aliphatic hydroxyl groups is 1. The van der Waals surface area contributed by atoms with Gasteiger partial charge in [0.05, 0.1) is 18.6 Å². The molecule has 5 heteroatoms. The first-order valence-corrected chi connectivity index (χ1v) is 6.76. The Morgan fingerprint density at radius 3 is 2.63 bits per heavy atom. The molecule has 0 amide bonds. The maximum absolute atomic E-state index is 11.6. The SMILES string of the molecule is COC(=O)C(C)(C)COc1cc(Br)ccc1[C@@H](C)O. The van der Waals surface area contributed by atoms with Crippen LogP contribution in [0.3, 0.4) is 0 Å². The van der Waals surface area contributed by atoms with E-state index in [4.69, 9.17) is 9.47 Å². The van der Waals surface area contributed by atoms with E-state index in [1.807, 2.05) is 6.07 Å². The fourth-order valence-corrected chi connectivity index (χ4v) is 1.91.